The fourth-order valence-corrected chi connectivity index (χ4v) is 17.4. The van der Waals surface area contributed by atoms with Crippen LogP contribution in [0.1, 0.15) is 93.6 Å². The molecule has 0 bridgehead atoms. The Kier molecular flexibility index (Phi) is 29.7. The van der Waals surface area contributed by atoms with Gasteiger partial charge in [0.1, 0.15) is 47.6 Å². The van der Waals surface area contributed by atoms with Gasteiger partial charge in [-0.15, -0.1) is 0 Å². The molecule has 2 fully saturated rings. The monoisotopic (exact) mass is 1720 g/mol. The van der Waals surface area contributed by atoms with Gasteiger partial charge in [-0.25, -0.2) is 37.0 Å². The number of carboxylic acid groups (broad SMARTS) is 1. The van der Waals surface area contributed by atoms with Gasteiger partial charge in [0.25, 0.3) is 11.4 Å². The molecule has 0 spiro atoms. The van der Waals surface area contributed by atoms with E-state index in [1.165, 1.54) is 73.1 Å². The molecule has 3 aliphatic heterocycles. The summed E-state index contributed by atoms with van der Waals surface area (Å²) in [5, 5.41) is 66.8. The number of phosphoric acid groups is 6. The van der Waals surface area contributed by atoms with Gasteiger partial charge in [-0.3, -0.25) is 48.2 Å². The fourth-order valence-electron chi connectivity index (χ4n) is 11.3. The minimum Gasteiger partial charge on any atom is -0.545 e. The molecule has 10 atom stereocenters. The minimum atomic E-state index is -5.79. The van der Waals surface area contributed by atoms with Crippen LogP contribution in [0.3, 0.4) is 0 Å². The Morgan fingerprint density at radius 3 is 1.62 bits per heavy atom. The lowest BCUT2D eigenvalue weighted by molar-refractivity contribution is -0.385. The van der Waals surface area contributed by atoms with Gasteiger partial charge in [-0.1, -0.05) is 47.9 Å². The highest BCUT2D eigenvalue weighted by atomic mass is 31.3. The summed E-state index contributed by atoms with van der Waals surface area (Å²) in [5.41, 5.74) is 7.05. The lowest BCUT2D eigenvalue weighted by atomic mass is 9.88. The van der Waals surface area contributed by atoms with Gasteiger partial charge in [0.05, 0.1) is 53.1 Å². The number of aliphatic hydroxyl groups is 2. The third-order valence-electron chi connectivity index (χ3n) is 16.2. The van der Waals surface area contributed by atoms with Crippen molar-refractivity contribution in [2.75, 3.05) is 44.0 Å². The molecule has 0 amide bonds. The van der Waals surface area contributed by atoms with Crippen molar-refractivity contribution < 1.29 is 141 Å². The predicted molar refractivity (Wildman–Crippen MR) is 394 cm³/mol. The number of anilines is 2. The van der Waals surface area contributed by atoms with Crippen LogP contribution in [0.2, 0.25) is 0 Å². The van der Waals surface area contributed by atoms with E-state index in [1.54, 1.807) is 24.3 Å². The highest BCUT2D eigenvalue weighted by Crippen LogP contribution is 2.67. The molecule has 115 heavy (non-hydrogen) atoms. The molecule has 45 nitrogen and oxygen atoms in total. The number of carbonyl (C=O) groups is 2. The zero-order valence-corrected chi connectivity index (χ0v) is 64.7. The average molecular weight is 1720 g/mol. The standard InChI is InChI=1S/C45H45N6O19P3.C19H24N5O15P3/c1-3-47-30-12-15-33-39(21-30)67-38-19-27(23-46-2)9-13-32(38)43(33)34-20-28(11-14-31(34)44(54)55)36(52)7-5-4-6-26-8-10-29(35(18-26)51(57)58)24-48-41-16-17-50(45(56)49-41)42-22-37(53)40(68-42)25-66-72(62,63)70-73(64,65)69-71(59,60)61;20-6-1-2-12-3-4-13(14(8-12)24(27)28)10-21-17-5-7-23(19(26)22-17)18-9-15(25)16(37-18)11-36-41(32,33)39-42(34,35)38-40(29,30)31/h8-21,37,40,42,46,53H,3,5,7,22-25H2,1-2H3,(H,54,55)(H,62,63)(H,64,65)(H,48,49,56)(H2,59,60,61);3-5,7-8,15-16,18,25H,6,9-11,20H2,(H,32,33)(H,34,35)(H,21,22,26)(H2,29,30,31)/p-1/t37-,40-,42-;15-,16-,18-/m11/s1. The van der Waals surface area contributed by atoms with Crippen molar-refractivity contribution in [3.63, 3.8) is 0 Å². The second kappa shape index (κ2) is 38.1. The van der Waals surface area contributed by atoms with E-state index >= 15 is 0 Å². The second-order valence-electron chi connectivity index (χ2n) is 24.3. The number of benzene rings is 5. The maximum Gasteiger partial charge on any atom is 0.490 e. The van der Waals surface area contributed by atoms with E-state index in [1.807, 2.05) is 32.2 Å². The van der Waals surface area contributed by atoms with E-state index in [-0.39, 0.29) is 107 Å². The van der Waals surface area contributed by atoms with Gasteiger partial charge in [-0.2, -0.15) is 27.2 Å². The lowest BCUT2D eigenvalue weighted by Crippen LogP contribution is -2.28. The van der Waals surface area contributed by atoms with E-state index in [0.29, 0.717) is 51.9 Å². The quantitative estimate of drug-likeness (QED) is 0.00695. The van der Waals surface area contributed by atoms with Crippen LogP contribution in [0.5, 0.6) is 0 Å². The number of carbonyl (C=O) groups excluding carboxylic acids is 2. The number of nitrogens with one attached hydrogen (secondary N) is 3. The molecule has 5 heterocycles. The number of rotatable bonds is 32. The average Bonchev–Trinajstić information content (AvgIpc) is 1.42. The molecular formula is C64H68N11O34P6-. The number of nitro benzene ring substituents is 2. The Bertz CT molecular complexity index is 5660. The number of aliphatic hydroxyl groups excluding tert-OH is 2. The van der Waals surface area contributed by atoms with E-state index in [9.17, 15) is 102 Å². The van der Waals surface area contributed by atoms with Gasteiger partial charge in [0.15, 0.2) is 5.78 Å². The topological polar surface area (TPSA) is 679 Å². The van der Waals surface area contributed by atoms with Crippen molar-refractivity contribution in [1.82, 2.24) is 24.4 Å². The SMILES string of the molecule is CCN=c1ccc2c(-c3cc(C(=O)CCC#Cc4ccc(CNc5ccn([C@H]6C[C@@H](O)[C@@H](COP(=O)(O)OP(=O)(O)OP(=O)(O)O)O6)c(=O)n5)c([N+](=O)[O-])c4)ccc3C(=O)[O-])c3ccc(CNC)cc3oc-2c1.NCC#Cc1ccc(CNc2ccn([C@H]3C[C@@H](O)[C@@H](COP(=O)(O)OP(=O)(O)OP(=O)(O)O)O3)c(=O)n2)c([N+](=O)[O-])c1. The highest BCUT2D eigenvalue weighted by molar-refractivity contribution is 7.67. The predicted octanol–water partition coefficient (Wildman–Crippen LogP) is 4.36. The largest absolute Gasteiger partial charge is 0.545 e. The maximum atomic E-state index is 13.6. The van der Waals surface area contributed by atoms with Crippen LogP contribution in [-0.2, 0) is 82.8 Å². The zero-order valence-electron chi connectivity index (χ0n) is 59.4. The Labute approximate surface area is 646 Å². The molecular weight excluding hydrogens is 1650 g/mol. The number of nitro groups is 2. The Morgan fingerprint density at radius 1 is 0.643 bits per heavy atom. The third-order valence-corrected chi connectivity index (χ3v) is 23.8. The van der Waals surface area contributed by atoms with Gasteiger partial charge in [0.2, 0.25) is 0 Å². The number of carboxylic acids is 1. The summed E-state index contributed by atoms with van der Waals surface area (Å²) < 4.78 is 111. The van der Waals surface area contributed by atoms with E-state index < -0.39 is 124 Å². The number of phosphoric ester groups is 2. The number of nitrogens with zero attached hydrogens (tertiary/aromatic N) is 7. The fraction of sp³-hybridized carbons (Fsp3) is 0.297. The molecule has 6 aromatic rings. The minimum absolute atomic E-state index is 0.00898. The first-order valence-corrected chi connectivity index (χ1v) is 42.2. The highest BCUT2D eigenvalue weighted by Gasteiger charge is 2.45. The van der Waals surface area contributed by atoms with Crippen LogP contribution in [0, 0.1) is 43.9 Å². The number of hydrogen-bond donors (Lipinski definition) is 14. The molecule has 2 aromatic heterocycles. The van der Waals surface area contributed by atoms with Crippen LogP contribution in [0.4, 0.5) is 23.0 Å². The van der Waals surface area contributed by atoms with E-state index in [2.05, 4.69) is 80.9 Å². The molecule has 15 N–H and O–H groups in total. The third kappa shape index (κ3) is 25.3. The number of nitrogens with two attached hydrogens (primary N) is 1. The van der Waals surface area contributed by atoms with Crippen LogP contribution >= 0.6 is 46.9 Å². The van der Waals surface area contributed by atoms with Crippen molar-refractivity contribution in [2.45, 2.75) is 89.1 Å². The second-order valence-corrected chi connectivity index (χ2v) is 33.2. The molecule has 4 aromatic carbocycles. The van der Waals surface area contributed by atoms with Crippen molar-refractivity contribution in [3.05, 3.63) is 201 Å². The lowest BCUT2D eigenvalue weighted by Gasteiger charge is -2.19. The summed E-state index contributed by atoms with van der Waals surface area (Å²) in [5.74, 6) is 9.74. The number of Topliss-reactive ketones (excluding diaryl/α,β-unsaturated/α-hetero) is 1. The first-order valence-electron chi connectivity index (χ1n) is 33.2. The molecule has 51 heteroatoms. The van der Waals surface area contributed by atoms with Gasteiger partial charge >= 0.3 is 58.3 Å². The molecule has 0 radical (unpaired) electrons. The summed E-state index contributed by atoms with van der Waals surface area (Å²) >= 11 is 0. The summed E-state index contributed by atoms with van der Waals surface area (Å²) in [4.78, 5) is 159. The van der Waals surface area contributed by atoms with Gasteiger partial charge in [0, 0.05) is 132 Å². The zero-order chi connectivity index (χ0) is 84.1. The molecule has 10 rings (SSSR count). The molecule has 614 valence electrons. The number of fused-ring (bicyclic) bond motifs is 2. The first kappa shape index (κ1) is 89.5. The summed E-state index contributed by atoms with van der Waals surface area (Å²) in [6.07, 6.45) is -5.94. The van der Waals surface area contributed by atoms with Crippen molar-refractivity contribution in [2.24, 2.45) is 10.7 Å². The van der Waals surface area contributed by atoms with Crippen molar-refractivity contribution in [3.8, 4) is 46.1 Å². The molecule has 1 aliphatic carbocycles. The number of aromatic carboxylic acids is 1. The number of aromatic nitrogens is 4. The van der Waals surface area contributed by atoms with Gasteiger partial charge < -0.3 is 94.8 Å². The van der Waals surface area contributed by atoms with Gasteiger partial charge in [-0.05, 0) is 85.8 Å². The molecule has 4 unspecified atom stereocenters. The summed E-state index contributed by atoms with van der Waals surface area (Å²) in [6.45, 7) is 0.946. The Balaban J connectivity index is 0.000000305. The van der Waals surface area contributed by atoms with Crippen molar-refractivity contribution >= 4 is 92.7 Å². The number of hydrogen-bond acceptors (Lipinski definition) is 33. The smallest absolute Gasteiger partial charge is 0.490 e. The maximum absolute atomic E-state index is 13.6. The van der Waals surface area contributed by atoms with E-state index in [4.69, 9.17) is 39.2 Å². The Morgan fingerprint density at radius 2 is 1.16 bits per heavy atom. The van der Waals surface area contributed by atoms with Crippen LogP contribution in [0.15, 0.2) is 135 Å². The summed E-state index contributed by atoms with van der Waals surface area (Å²) in [7, 11) is -31.9. The van der Waals surface area contributed by atoms with Crippen LogP contribution in [-0.4, -0.2) is 148 Å². The first-order chi connectivity index (χ1) is 54.0. The molecule has 4 aliphatic rings. The van der Waals surface area contributed by atoms with Crippen LogP contribution in [0.25, 0.3) is 33.4 Å². The van der Waals surface area contributed by atoms with Crippen molar-refractivity contribution in [1.29, 1.82) is 0 Å². The Hall–Kier alpha value is -9.43. The van der Waals surface area contributed by atoms with Crippen LogP contribution < -0.4 is 43.5 Å². The van der Waals surface area contributed by atoms with E-state index in [0.717, 1.165) is 14.7 Å². The molecule has 0 saturated carbocycles. The summed E-state index contributed by atoms with van der Waals surface area (Å²) in [6, 6.07) is 26.5. The normalized spacial score (nSPS) is 19.1. The number of ether oxygens (including phenoxy) is 2. The number of ketones is 1. The molecule has 2 saturated heterocycles.